The van der Waals surface area contributed by atoms with Gasteiger partial charge < -0.3 is 52.7 Å². The molecule has 0 radical (unpaired) electrons. The van der Waals surface area contributed by atoms with Crippen molar-refractivity contribution in [2.24, 2.45) is 11.5 Å². The van der Waals surface area contributed by atoms with E-state index in [0.717, 1.165) is 0 Å². The van der Waals surface area contributed by atoms with E-state index in [-0.39, 0.29) is 68.7 Å². The number of nitrogens with two attached hydrogens (primary N) is 2. The minimum absolute atomic E-state index is 0.293. The zero-order valence-corrected chi connectivity index (χ0v) is 35.9. The van der Waals surface area contributed by atoms with E-state index in [0.29, 0.717) is 64.5 Å². The average molecular weight is 753 g/mol. The molecule has 52 heavy (non-hydrogen) atoms. The number of hydroxylamine groups is 8. The summed E-state index contributed by atoms with van der Waals surface area (Å²) < 4.78 is 0. The van der Waals surface area contributed by atoms with Crippen LogP contribution in [0.1, 0.15) is 162 Å². The number of rotatable bonds is 1. The van der Waals surface area contributed by atoms with E-state index in [1.54, 1.807) is 0 Å². The third-order valence-electron chi connectivity index (χ3n) is 10.6. The van der Waals surface area contributed by atoms with Crippen LogP contribution >= 0.6 is 0 Å². The van der Waals surface area contributed by atoms with E-state index in [9.17, 15) is 41.3 Å². The minimum Gasteiger partial charge on any atom is -0.393 e. The number of aliphatic hydroxyl groups is 4. The van der Waals surface area contributed by atoms with E-state index < -0.39 is 0 Å². The number of aliphatic hydroxyl groups excluding tert-OH is 4. The second-order valence-corrected chi connectivity index (χ2v) is 20.6. The van der Waals surface area contributed by atoms with Gasteiger partial charge in [-0.05, 0) is 162 Å². The maximum absolute atomic E-state index is 9.80. The minimum atomic E-state index is -0.318. The molecular formula is C38H84N6O8. The van der Waals surface area contributed by atoms with E-state index in [1.807, 2.05) is 111 Å². The van der Waals surface area contributed by atoms with Crippen LogP contribution in [0.5, 0.6) is 0 Å². The Morgan fingerprint density at radius 1 is 0.327 bits per heavy atom. The molecule has 4 aliphatic heterocycles. The Balaban J connectivity index is 0.000000644. The number of hydrogen-bond acceptors (Lipinski definition) is 14. The first-order chi connectivity index (χ1) is 22.9. The molecule has 4 saturated heterocycles. The van der Waals surface area contributed by atoms with Crippen molar-refractivity contribution < 1.29 is 41.3 Å². The van der Waals surface area contributed by atoms with Gasteiger partial charge in [-0.2, -0.15) is 20.3 Å². The summed E-state index contributed by atoms with van der Waals surface area (Å²) in [4.78, 5) is 0. The molecule has 314 valence electrons. The van der Waals surface area contributed by atoms with Crippen molar-refractivity contribution in [2.75, 3.05) is 13.1 Å². The first-order valence-electron chi connectivity index (χ1n) is 19.0. The molecule has 0 aromatic heterocycles. The predicted octanol–water partition coefficient (Wildman–Crippen LogP) is 4.46. The topological polar surface area (TPSA) is 227 Å². The third-order valence-corrected chi connectivity index (χ3v) is 10.6. The Bertz CT molecular complexity index is 834. The first kappa shape index (κ1) is 51.4. The Morgan fingerprint density at radius 3 is 0.500 bits per heavy atom. The number of hydrogen-bond donors (Lipinski definition) is 10. The Labute approximate surface area is 316 Å². The molecule has 0 aromatic carbocycles. The molecule has 0 atom stereocenters. The lowest BCUT2D eigenvalue weighted by Gasteiger charge is -2.50. The first-order valence-corrected chi connectivity index (χ1v) is 19.0. The fourth-order valence-electron chi connectivity index (χ4n) is 8.87. The highest BCUT2D eigenvalue weighted by atomic mass is 16.5. The van der Waals surface area contributed by atoms with Gasteiger partial charge in [0, 0.05) is 57.4 Å². The van der Waals surface area contributed by atoms with Crippen molar-refractivity contribution in [3.05, 3.63) is 0 Å². The standard InChI is InChI=1S/4C9H19NO2.C2H8N2/c4*1-8(2)5-7(11)6-9(3,4)10(8)12;3-1-2-4/h4*7,11-12H,5-6H2,1-4H3;1-4H2. The molecule has 0 spiro atoms. The highest BCUT2D eigenvalue weighted by Gasteiger charge is 2.47. The van der Waals surface area contributed by atoms with Gasteiger partial charge in [-0.15, -0.1) is 0 Å². The van der Waals surface area contributed by atoms with Crippen LogP contribution in [0.15, 0.2) is 0 Å². The van der Waals surface area contributed by atoms with E-state index in [4.69, 9.17) is 11.5 Å². The molecule has 0 unspecified atom stereocenters. The summed E-state index contributed by atoms with van der Waals surface area (Å²) in [6, 6.07) is 0. The van der Waals surface area contributed by atoms with Gasteiger partial charge >= 0.3 is 0 Å². The quantitative estimate of drug-likeness (QED) is 0.179. The molecule has 0 aliphatic carbocycles. The highest BCUT2D eigenvalue weighted by Crippen LogP contribution is 2.39. The summed E-state index contributed by atoms with van der Waals surface area (Å²) in [6.07, 6.45) is 3.88. The summed E-state index contributed by atoms with van der Waals surface area (Å²) >= 11 is 0. The van der Waals surface area contributed by atoms with Gasteiger partial charge in [-0.25, -0.2) is 0 Å². The van der Waals surface area contributed by atoms with Crippen LogP contribution < -0.4 is 11.5 Å². The summed E-state index contributed by atoms with van der Waals surface area (Å²) in [5.41, 5.74) is 7.26. The van der Waals surface area contributed by atoms with Crippen LogP contribution in [0.4, 0.5) is 0 Å². The summed E-state index contributed by atoms with van der Waals surface area (Å²) in [5.74, 6) is 0. The zero-order valence-electron chi connectivity index (χ0n) is 35.9. The zero-order chi connectivity index (χ0) is 41.7. The predicted molar refractivity (Wildman–Crippen MR) is 206 cm³/mol. The monoisotopic (exact) mass is 753 g/mol. The van der Waals surface area contributed by atoms with Crippen molar-refractivity contribution in [1.29, 1.82) is 0 Å². The van der Waals surface area contributed by atoms with Gasteiger partial charge in [0.1, 0.15) is 0 Å². The van der Waals surface area contributed by atoms with Crippen molar-refractivity contribution in [2.45, 2.75) is 231 Å². The van der Waals surface area contributed by atoms with Crippen LogP contribution in [-0.2, 0) is 0 Å². The largest absolute Gasteiger partial charge is 0.393 e. The molecule has 14 heteroatoms. The van der Waals surface area contributed by atoms with Gasteiger partial charge in [-0.1, -0.05) is 0 Å². The summed E-state index contributed by atoms with van der Waals surface area (Å²) in [6.45, 7) is 32.3. The average Bonchev–Trinajstić information content (AvgIpc) is 2.91. The maximum atomic E-state index is 9.80. The van der Waals surface area contributed by atoms with Gasteiger partial charge in [0.15, 0.2) is 0 Å². The van der Waals surface area contributed by atoms with Crippen LogP contribution in [-0.4, -0.2) is 143 Å². The molecule has 0 aromatic rings. The Morgan fingerprint density at radius 2 is 0.423 bits per heavy atom. The summed E-state index contributed by atoms with van der Waals surface area (Å²) in [7, 11) is 0. The molecule has 0 amide bonds. The van der Waals surface area contributed by atoms with Crippen LogP contribution in [0.3, 0.4) is 0 Å². The third kappa shape index (κ3) is 14.8. The lowest BCUT2D eigenvalue weighted by molar-refractivity contribution is -0.257. The van der Waals surface area contributed by atoms with Crippen molar-refractivity contribution in [1.82, 2.24) is 20.3 Å². The normalized spacial score (nSPS) is 28.7. The SMILES string of the molecule is CC1(C)CC(O)CC(C)(C)N1O.CC1(C)CC(O)CC(C)(C)N1O.CC1(C)CC(O)CC(C)(C)N1O.CC1(C)CC(O)CC(C)(C)N1O.NCCN. The van der Waals surface area contributed by atoms with Gasteiger partial charge in [0.05, 0.1) is 24.4 Å². The molecule has 4 fully saturated rings. The fourth-order valence-corrected chi connectivity index (χ4v) is 8.87. The Hall–Kier alpha value is -0.560. The Kier molecular flexibility index (Phi) is 18.4. The van der Waals surface area contributed by atoms with Crippen molar-refractivity contribution in [3.63, 3.8) is 0 Å². The molecule has 12 N–H and O–H groups in total. The van der Waals surface area contributed by atoms with Crippen molar-refractivity contribution in [3.8, 4) is 0 Å². The molecular weight excluding hydrogens is 668 g/mol. The molecule has 0 saturated carbocycles. The molecule has 14 nitrogen and oxygen atoms in total. The molecule has 4 aliphatic rings. The lowest BCUT2D eigenvalue weighted by atomic mass is 9.80. The smallest absolute Gasteiger partial charge is 0.0576 e. The molecule has 0 bridgehead atoms. The number of nitrogens with zero attached hydrogens (tertiary/aromatic N) is 4. The van der Waals surface area contributed by atoms with Gasteiger partial charge in [-0.3, -0.25) is 0 Å². The molecule has 4 rings (SSSR count). The van der Waals surface area contributed by atoms with Crippen LogP contribution in [0, 0.1) is 0 Å². The van der Waals surface area contributed by atoms with Gasteiger partial charge in [0.25, 0.3) is 0 Å². The van der Waals surface area contributed by atoms with Crippen molar-refractivity contribution >= 4 is 0 Å². The van der Waals surface area contributed by atoms with E-state index >= 15 is 0 Å². The lowest BCUT2D eigenvalue weighted by Crippen LogP contribution is -2.60. The summed E-state index contributed by atoms with van der Waals surface area (Å²) in [5, 5.41) is 82.9. The second-order valence-electron chi connectivity index (χ2n) is 20.6. The van der Waals surface area contributed by atoms with E-state index in [1.165, 1.54) is 20.3 Å². The number of piperidine rings is 4. The van der Waals surface area contributed by atoms with E-state index in [2.05, 4.69) is 0 Å². The van der Waals surface area contributed by atoms with Crippen LogP contribution in [0.25, 0.3) is 0 Å². The highest BCUT2D eigenvalue weighted by molar-refractivity contribution is 4.98. The second kappa shape index (κ2) is 18.6. The van der Waals surface area contributed by atoms with Crippen LogP contribution in [0.2, 0.25) is 0 Å². The fraction of sp³-hybridized carbons (Fsp3) is 1.00. The maximum Gasteiger partial charge on any atom is 0.0576 e. The van der Waals surface area contributed by atoms with Gasteiger partial charge in [0.2, 0.25) is 0 Å². The molecule has 4 heterocycles.